The number of aliphatic imine (C=N–C) groups is 1. The Morgan fingerprint density at radius 3 is 2.76 bits per heavy atom. The van der Waals surface area contributed by atoms with Crippen molar-refractivity contribution in [1.82, 2.24) is 10.6 Å². The lowest BCUT2D eigenvalue weighted by atomic mass is 10.2. The number of aromatic hydroxyl groups is 2. The lowest BCUT2D eigenvalue weighted by Crippen LogP contribution is -2.43. The molecule has 1 aromatic carbocycles. The van der Waals surface area contributed by atoms with Gasteiger partial charge in [-0.15, -0.1) is 0 Å². The van der Waals surface area contributed by atoms with Gasteiger partial charge in [0.25, 0.3) is 0 Å². The standard InChI is InChI=1S/C10H15N5O2/c1-13-10(15-9(11)12)14-5-6-3-2-4-7(16)8(6)17/h2-4,16-17H,5H2,1H3,(H5,11,12,13,14,15). The normalized spacial score (nSPS) is 11.0. The molecule has 0 spiro atoms. The molecule has 0 saturated carbocycles. The van der Waals surface area contributed by atoms with Crippen LogP contribution in [0.25, 0.3) is 0 Å². The fourth-order valence-corrected chi connectivity index (χ4v) is 1.21. The van der Waals surface area contributed by atoms with Gasteiger partial charge in [-0.2, -0.15) is 0 Å². The largest absolute Gasteiger partial charge is 0.504 e. The number of phenols is 2. The van der Waals surface area contributed by atoms with E-state index >= 15 is 0 Å². The van der Waals surface area contributed by atoms with Crippen molar-refractivity contribution in [1.29, 1.82) is 5.41 Å². The van der Waals surface area contributed by atoms with Crippen molar-refractivity contribution < 1.29 is 10.2 Å². The smallest absolute Gasteiger partial charge is 0.198 e. The minimum atomic E-state index is -0.238. The van der Waals surface area contributed by atoms with E-state index in [0.717, 1.165) is 0 Å². The van der Waals surface area contributed by atoms with Crippen LogP contribution in [-0.2, 0) is 6.54 Å². The molecule has 7 N–H and O–H groups in total. The van der Waals surface area contributed by atoms with Gasteiger partial charge in [-0.25, -0.2) is 0 Å². The molecule has 0 aliphatic heterocycles. The molecule has 7 heteroatoms. The van der Waals surface area contributed by atoms with Crippen LogP contribution in [0.3, 0.4) is 0 Å². The average molecular weight is 237 g/mol. The number of nitrogens with two attached hydrogens (primary N) is 1. The lowest BCUT2D eigenvalue weighted by Gasteiger charge is -2.11. The number of rotatable bonds is 2. The molecule has 0 saturated heterocycles. The quantitative estimate of drug-likeness (QED) is 0.238. The summed E-state index contributed by atoms with van der Waals surface area (Å²) in [5.41, 5.74) is 5.66. The Bertz CT molecular complexity index is 444. The summed E-state index contributed by atoms with van der Waals surface area (Å²) >= 11 is 0. The van der Waals surface area contributed by atoms with Crippen molar-refractivity contribution in [2.75, 3.05) is 7.05 Å². The zero-order valence-electron chi connectivity index (χ0n) is 9.36. The number of nitrogens with zero attached hydrogens (tertiary/aromatic N) is 1. The van der Waals surface area contributed by atoms with E-state index in [1.807, 2.05) is 0 Å². The van der Waals surface area contributed by atoms with Gasteiger partial charge in [0.1, 0.15) is 0 Å². The van der Waals surface area contributed by atoms with Gasteiger partial charge < -0.3 is 21.3 Å². The highest BCUT2D eigenvalue weighted by molar-refractivity contribution is 5.96. The molecule has 1 rings (SSSR count). The molecule has 0 aliphatic carbocycles. The summed E-state index contributed by atoms with van der Waals surface area (Å²) in [6, 6.07) is 4.66. The van der Waals surface area contributed by atoms with Gasteiger partial charge in [-0.05, 0) is 6.07 Å². The van der Waals surface area contributed by atoms with Crippen LogP contribution in [0.5, 0.6) is 11.5 Å². The molecule has 0 atom stereocenters. The van der Waals surface area contributed by atoms with E-state index in [1.54, 1.807) is 12.1 Å². The maximum atomic E-state index is 9.55. The van der Waals surface area contributed by atoms with Gasteiger partial charge in [-0.3, -0.25) is 15.7 Å². The molecule has 1 aromatic rings. The van der Waals surface area contributed by atoms with Gasteiger partial charge in [0.2, 0.25) is 0 Å². The number of hydrogen-bond donors (Lipinski definition) is 6. The number of hydrogen-bond acceptors (Lipinski definition) is 4. The highest BCUT2D eigenvalue weighted by Crippen LogP contribution is 2.27. The first-order valence-corrected chi connectivity index (χ1v) is 4.86. The van der Waals surface area contributed by atoms with Crippen LogP contribution in [0.1, 0.15) is 5.56 Å². The molecule has 0 unspecified atom stereocenters. The third-order valence-corrected chi connectivity index (χ3v) is 2.02. The molecule has 0 heterocycles. The van der Waals surface area contributed by atoms with Gasteiger partial charge >= 0.3 is 0 Å². The molecule has 0 aliphatic rings. The van der Waals surface area contributed by atoms with E-state index in [9.17, 15) is 10.2 Å². The zero-order chi connectivity index (χ0) is 12.8. The second kappa shape index (κ2) is 5.59. The maximum Gasteiger partial charge on any atom is 0.198 e. The fraction of sp³-hybridized carbons (Fsp3) is 0.200. The van der Waals surface area contributed by atoms with Crippen LogP contribution < -0.4 is 16.4 Å². The maximum absolute atomic E-state index is 9.55. The number of para-hydroxylation sites is 1. The summed E-state index contributed by atoms with van der Waals surface area (Å²) in [5.74, 6) is -0.296. The van der Waals surface area contributed by atoms with Gasteiger partial charge in [-0.1, -0.05) is 12.1 Å². The van der Waals surface area contributed by atoms with Crippen molar-refractivity contribution in [3.63, 3.8) is 0 Å². The molecule has 0 amide bonds. The predicted molar refractivity (Wildman–Crippen MR) is 65.0 cm³/mol. The monoisotopic (exact) mass is 237 g/mol. The molecule has 17 heavy (non-hydrogen) atoms. The van der Waals surface area contributed by atoms with Gasteiger partial charge in [0, 0.05) is 19.2 Å². The van der Waals surface area contributed by atoms with Crippen LogP contribution >= 0.6 is 0 Å². The molecule has 7 nitrogen and oxygen atoms in total. The fourth-order valence-electron chi connectivity index (χ4n) is 1.21. The first-order valence-electron chi connectivity index (χ1n) is 4.86. The average Bonchev–Trinajstić information content (AvgIpc) is 2.28. The first-order chi connectivity index (χ1) is 8.04. The summed E-state index contributed by atoms with van der Waals surface area (Å²) in [6.07, 6.45) is 0. The van der Waals surface area contributed by atoms with Gasteiger partial charge in [0.05, 0.1) is 0 Å². The van der Waals surface area contributed by atoms with E-state index in [4.69, 9.17) is 11.1 Å². The van der Waals surface area contributed by atoms with Gasteiger partial charge in [0.15, 0.2) is 23.4 Å². The van der Waals surface area contributed by atoms with Crippen LogP contribution in [0, 0.1) is 5.41 Å². The number of phenolic OH excluding ortho intramolecular Hbond substituents is 2. The van der Waals surface area contributed by atoms with Crippen molar-refractivity contribution in [2.24, 2.45) is 10.7 Å². The summed E-state index contributed by atoms with van der Waals surface area (Å²) in [5, 5.41) is 31.2. The number of guanidine groups is 2. The highest BCUT2D eigenvalue weighted by Gasteiger charge is 2.06. The number of benzene rings is 1. The second-order valence-corrected chi connectivity index (χ2v) is 3.25. The van der Waals surface area contributed by atoms with Crippen molar-refractivity contribution in [2.45, 2.75) is 6.54 Å². The Labute approximate surface area is 98.5 Å². The van der Waals surface area contributed by atoms with E-state index < -0.39 is 0 Å². The molecule has 0 radical (unpaired) electrons. The van der Waals surface area contributed by atoms with Crippen LogP contribution in [0.4, 0.5) is 0 Å². The third kappa shape index (κ3) is 3.56. The topological polar surface area (TPSA) is 127 Å². The van der Waals surface area contributed by atoms with E-state index in [-0.39, 0.29) is 24.0 Å². The van der Waals surface area contributed by atoms with E-state index in [0.29, 0.717) is 11.5 Å². The Hall–Kier alpha value is -2.44. The zero-order valence-corrected chi connectivity index (χ0v) is 9.36. The molecular formula is C10H15N5O2. The Balaban J connectivity index is 2.66. The predicted octanol–water partition coefficient (Wildman–Crippen LogP) is -0.344. The highest BCUT2D eigenvalue weighted by atomic mass is 16.3. The first kappa shape index (κ1) is 12.6. The summed E-state index contributed by atoms with van der Waals surface area (Å²) in [4.78, 5) is 3.82. The van der Waals surface area contributed by atoms with E-state index in [2.05, 4.69) is 15.6 Å². The van der Waals surface area contributed by atoms with E-state index in [1.165, 1.54) is 13.1 Å². The molecule has 0 bridgehead atoms. The summed E-state index contributed by atoms with van der Waals surface area (Å²) in [7, 11) is 1.53. The molecular weight excluding hydrogens is 222 g/mol. The second-order valence-electron chi connectivity index (χ2n) is 3.25. The van der Waals surface area contributed by atoms with Crippen molar-refractivity contribution in [3.8, 4) is 11.5 Å². The Morgan fingerprint density at radius 1 is 1.47 bits per heavy atom. The summed E-state index contributed by atoms with van der Waals surface area (Å²) in [6.45, 7) is 0.243. The van der Waals surface area contributed by atoms with Crippen molar-refractivity contribution >= 4 is 11.9 Å². The van der Waals surface area contributed by atoms with Crippen LogP contribution in [0.15, 0.2) is 23.2 Å². The summed E-state index contributed by atoms with van der Waals surface area (Å²) < 4.78 is 0. The SMILES string of the molecule is C/N=C(\NCc1cccc(O)c1O)NC(=N)N. The lowest BCUT2D eigenvalue weighted by molar-refractivity contribution is 0.399. The molecule has 92 valence electrons. The minimum Gasteiger partial charge on any atom is -0.504 e. The van der Waals surface area contributed by atoms with Crippen molar-refractivity contribution in [3.05, 3.63) is 23.8 Å². The number of nitrogens with one attached hydrogen (secondary N) is 3. The van der Waals surface area contributed by atoms with Crippen LogP contribution in [0.2, 0.25) is 0 Å². The minimum absolute atomic E-state index is 0.182. The third-order valence-electron chi connectivity index (χ3n) is 2.02. The molecule has 0 aromatic heterocycles. The Morgan fingerprint density at radius 2 is 2.18 bits per heavy atom. The van der Waals surface area contributed by atoms with Crippen LogP contribution in [-0.4, -0.2) is 29.2 Å². The Kier molecular flexibility index (Phi) is 4.15. The molecule has 0 fully saturated rings.